The fraction of sp³-hybridized carbons (Fsp3) is 0.778. The number of aromatic nitrogens is 2. The van der Waals surface area contributed by atoms with Gasteiger partial charge in [-0.2, -0.15) is 5.10 Å². The van der Waals surface area contributed by atoms with Gasteiger partial charge < -0.3 is 10.1 Å². The Morgan fingerprint density at radius 1 is 1.44 bits per heavy atom. The van der Waals surface area contributed by atoms with Gasteiger partial charge in [-0.1, -0.05) is 46.3 Å². The summed E-state index contributed by atoms with van der Waals surface area (Å²) in [6.45, 7) is 15.9. The lowest BCUT2D eigenvalue weighted by atomic mass is 10.1. The zero-order valence-electron chi connectivity index (χ0n) is 16.4. The van der Waals surface area contributed by atoms with Crippen molar-refractivity contribution < 1.29 is 9.53 Å². The molecule has 2 rings (SSSR count). The largest absolute Gasteiger partial charge is 0.462 e. The van der Waals surface area contributed by atoms with Crippen molar-refractivity contribution in [2.45, 2.75) is 83.8 Å². The number of rotatable bonds is 6. The van der Waals surface area contributed by atoms with Crippen molar-refractivity contribution in [2.75, 3.05) is 6.61 Å². The summed E-state index contributed by atoms with van der Waals surface area (Å²) in [5.74, 6) is -0.258. The maximum absolute atomic E-state index is 12.2. The third kappa shape index (κ3) is 4.85. The van der Waals surface area contributed by atoms with Crippen molar-refractivity contribution in [3.63, 3.8) is 0 Å². The Bertz CT molecular complexity index is 623. The smallest absolute Gasteiger partial charge is 0.342 e. The van der Waals surface area contributed by atoms with E-state index in [0.717, 1.165) is 22.4 Å². The Kier molecular flexibility index (Phi) is 6.75. The fourth-order valence-electron chi connectivity index (χ4n) is 3.07. The molecule has 0 aliphatic carbocycles. The highest BCUT2D eigenvalue weighted by Crippen LogP contribution is 2.39. The molecule has 5 nitrogen and oxygen atoms in total. The molecule has 0 radical (unpaired) electrons. The highest BCUT2D eigenvalue weighted by atomic mass is 127. The molecule has 0 saturated carbocycles. The summed E-state index contributed by atoms with van der Waals surface area (Å²) in [4.78, 5) is 12.2. The fourth-order valence-corrected chi connectivity index (χ4v) is 5.70. The normalized spacial score (nSPS) is 18.1. The lowest BCUT2D eigenvalue weighted by Crippen LogP contribution is -2.41. The molecule has 1 aromatic rings. The number of hydrogen-bond acceptors (Lipinski definition) is 4. The number of esters is 1. The van der Waals surface area contributed by atoms with E-state index in [1.54, 1.807) is 0 Å². The molecular formula is C18H32IN3O2Si. The zero-order chi connectivity index (χ0) is 18.8. The minimum atomic E-state index is -1.20. The van der Waals surface area contributed by atoms with Crippen LogP contribution in [0.25, 0.3) is 0 Å². The van der Waals surface area contributed by atoms with Gasteiger partial charge in [-0.3, -0.25) is 4.68 Å². The third-order valence-electron chi connectivity index (χ3n) is 5.83. The number of fused-ring (bicyclic) bond motifs is 1. The van der Waals surface area contributed by atoms with Crippen LogP contribution >= 0.6 is 22.6 Å². The van der Waals surface area contributed by atoms with Crippen molar-refractivity contribution in [1.82, 2.24) is 15.1 Å². The van der Waals surface area contributed by atoms with E-state index in [9.17, 15) is 4.79 Å². The Hall–Kier alpha value is -0.413. The first-order valence-corrected chi connectivity index (χ1v) is 13.5. The number of carbonyl (C=O) groups excluding carboxylic acids is 1. The molecule has 1 N–H and O–H groups in total. The molecule has 7 heteroatoms. The number of ether oxygens (including phenoxy) is 1. The van der Waals surface area contributed by atoms with E-state index in [2.05, 4.69) is 66.9 Å². The second kappa shape index (κ2) is 8.08. The van der Waals surface area contributed by atoms with Gasteiger partial charge in [0.2, 0.25) is 0 Å². The number of hydrogen-bond donors (Lipinski definition) is 1. The Labute approximate surface area is 166 Å². The number of nitrogens with zero attached hydrogens (tertiary/aromatic N) is 2. The van der Waals surface area contributed by atoms with Crippen molar-refractivity contribution in [3.8, 4) is 0 Å². The standard InChI is InChI=1S/C18H32IN3O2Si/c1-7-24-17(23)15-14-11-20-13(12-22(14)21-16(15)19)9-8-10-25(5,6)18(2,3)4/h13,20H,7-12H2,1-6H3. The third-order valence-corrected chi connectivity index (χ3v) is 12.3. The summed E-state index contributed by atoms with van der Waals surface area (Å²) in [5.41, 5.74) is 1.60. The van der Waals surface area contributed by atoms with Gasteiger partial charge in [0.25, 0.3) is 0 Å². The van der Waals surface area contributed by atoms with E-state index in [1.165, 1.54) is 12.5 Å². The van der Waals surface area contributed by atoms with Crippen molar-refractivity contribution in [3.05, 3.63) is 15.0 Å². The van der Waals surface area contributed by atoms with E-state index < -0.39 is 8.07 Å². The van der Waals surface area contributed by atoms with E-state index in [0.29, 0.717) is 29.8 Å². The molecular weight excluding hydrogens is 445 g/mol. The van der Waals surface area contributed by atoms with Gasteiger partial charge in [-0.15, -0.1) is 0 Å². The summed E-state index contributed by atoms with van der Waals surface area (Å²) < 4.78 is 7.92. The Balaban J connectivity index is 1.96. The average Bonchev–Trinajstić information content (AvgIpc) is 2.81. The van der Waals surface area contributed by atoms with E-state index >= 15 is 0 Å². The Morgan fingerprint density at radius 2 is 2.12 bits per heavy atom. The SMILES string of the molecule is CCOC(=O)c1c(I)nn2c1CNC(CCC[Si](C)(C)C(C)(C)C)C2. The molecule has 2 heterocycles. The van der Waals surface area contributed by atoms with Crippen molar-refractivity contribution >= 4 is 36.6 Å². The van der Waals surface area contributed by atoms with Gasteiger partial charge in [-0.25, -0.2) is 4.79 Å². The molecule has 0 bridgehead atoms. The maximum atomic E-state index is 12.2. The number of nitrogens with one attached hydrogen (secondary N) is 1. The molecule has 0 fully saturated rings. The molecule has 0 spiro atoms. The van der Waals surface area contributed by atoms with Crippen LogP contribution in [0, 0.1) is 3.70 Å². The van der Waals surface area contributed by atoms with Crippen LogP contribution in [-0.4, -0.2) is 36.5 Å². The molecule has 1 aliphatic heterocycles. The van der Waals surface area contributed by atoms with E-state index in [-0.39, 0.29) is 5.97 Å². The minimum absolute atomic E-state index is 0.258. The first kappa shape index (κ1) is 20.9. The highest BCUT2D eigenvalue weighted by molar-refractivity contribution is 14.1. The summed E-state index contributed by atoms with van der Waals surface area (Å²) >= 11 is 2.14. The monoisotopic (exact) mass is 477 g/mol. The second-order valence-electron chi connectivity index (χ2n) is 8.62. The van der Waals surface area contributed by atoms with Crippen LogP contribution in [0.1, 0.15) is 56.6 Å². The highest BCUT2D eigenvalue weighted by Gasteiger charge is 2.34. The van der Waals surface area contributed by atoms with Gasteiger partial charge >= 0.3 is 5.97 Å². The topological polar surface area (TPSA) is 56.1 Å². The summed E-state index contributed by atoms with van der Waals surface area (Å²) in [6.07, 6.45) is 2.42. The van der Waals surface area contributed by atoms with Crippen molar-refractivity contribution in [2.24, 2.45) is 0 Å². The Morgan fingerprint density at radius 3 is 2.72 bits per heavy atom. The van der Waals surface area contributed by atoms with Crippen LogP contribution in [0.2, 0.25) is 24.2 Å². The van der Waals surface area contributed by atoms with Gasteiger partial charge in [0.05, 0.1) is 26.9 Å². The lowest BCUT2D eigenvalue weighted by Gasteiger charge is -2.37. The maximum Gasteiger partial charge on any atom is 0.342 e. The second-order valence-corrected chi connectivity index (χ2v) is 15.4. The number of halogens is 1. The molecule has 1 aliphatic rings. The summed E-state index contributed by atoms with van der Waals surface area (Å²) in [6, 6.07) is 1.79. The van der Waals surface area contributed by atoms with Crippen LogP contribution in [0.5, 0.6) is 0 Å². The first-order valence-electron chi connectivity index (χ1n) is 9.22. The molecule has 25 heavy (non-hydrogen) atoms. The molecule has 0 saturated heterocycles. The predicted octanol–water partition coefficient (Wildman–Crippen LogP) is 4.42. The van der Waals surface area contributed by atoms with Gasteiger partial charge in [-0.05, 0) is 41.0 Å². The number of carbonyl (C=O) groups is 1. The molecule has 1 aromatic heterocycles. The quantitative estimate of drug-likeness (QED) is 0.374. The van der Waals surface area contributed by atoms with E-state index in [1.807, 2.05) is 11.6 Å². The average molecular weight is 477 g/mol. The molecule has 0 aromatic carbocycles. The molecule has 1 unspecified atom stereocenters. The van der Waals surface area contributed by atoms with Gasteiger partial charge in [0, 0.05) is 12.6 Å². The van der Waals surface area contributed by atoms with Crippen LogP contribution in [0.15, 0.2) is 0 Å². The van der Waals surface area contributed by atoms with Gasteiger partial charge in [0.15, 0.2) is 0 Å². The lowest BCUT2D eigenvalue weighted by molar-refractivity contribution is 0.0523. The molecule has 0 amide bonds. The van der Waals surface area contributed by atoms with Crippen molar-refractivity contribution in [1.29, 1.82) is 0 Å². The molecule has 142 valence electrons. The first-order chi connectivity index (χ1) is 11.6. The minimum Gasteiger partial charge on any atom is -0.462 e. The summed E-state index contributed by atoms with van der Waals surface area (Å²) in [5, 5.41) is 8.62. The van der Waals surface area contributed by atoms with Crippen LogP contribution in [0.3, 0.4) is 0 Å². The van der Waals surface area contributed by atoms with E-state index in [4.69, 9.17) is 4.74 Å². The predicted molar refractivity (Wildman–Crippen MR) is 113 cm³/mol. The van der Waals surface area contributed by atoms with Crippen LogP contribution in [-0.2, 0) is 17.8 Å². The van der Waals surface area contributed by atoms with Crippen LogP contribution < -0.4 is 5.32 Å². The van der Waals surface area contributed by atoms with Gasteiger partial charge in [0.1, 0.15) is 9.26 Å². The summed E-state index contributed by atoms with van der Waals surface area (Å²) in [7, 11) is -1.20. The zero-order valence-corrected chi connectivity index (χ0v) is 19.6. The van der Waals surface area contributed by atoms with Crippen LogP contribution in [0.4, 0.5) is 0 Å². The molecule has 1 atom stereocenters.